The second-order valence-electron chi connectivity index (χ2n) is 15.3. The lowest BCUT2D eigenvalue weighted by Crippen LogP contribution is -2.45. The van der Waals surface area contributed by atoms with Crippen LogP contribution in [0.4, 0.5) is 20.2 Å². The van der Waals surface area contributed by atoms with Crippen molar-refractivity contribution in [3.8, 4) is 5.82 Å². The van der Waals surface area contributed by atoms with Crippen LogP contribution in [0.2, 0.25) is 0 Å². The quantitative estimate of drug-likeness (QED) is 0.184. The van der Waals surface area contributed by atoms with Crippen LogP contribution in [0.5, 0.6) is 0 Å². The number of hydrogen-bond acceptors (Lipinski definition) is 10. The number of nitrogens with one attached hydrogen (secondary N) is 3. The highest BCUT2D eigenvalue weighted by Gasteiger charge is 2.30. The van der Waals surface area contributed by atoms with Crippen LogP contribution in [0.3, 0.4) is 0 Å². The molecule has 2 amide bonds. The van der Waals surface area contributed by atoms with E-state index in [1.54, 1.807) is 20.8 Å². The molecule has 4 aromatic rings. The molecule has 0 bridgehead atoms. The van der Waals surface area contributed by atoms with Gasteiger partial charge < -0.3 is 20.1 Å². The van der Waals surface area contributed by atoms with Crippen LogP contribution >= 0.6 is 0 Å². The summed E-state index contributed by atoms with van der Waals surface area (Å²) in [6, 6.07) is 7.60. The van der Waals surface area contributed by atoms with Crippen LogP contribution in [-0.4, -0.2) is 59.1 Å². The fourth-order valence-electron chi connectivity index (χ4n) is 6.60. The number of aromatic nitrogens is 3. The standard InChI is InChI=1S/C40H44F2N6O9S/c1-40(2,3)38(52)44-24-11-13-26(14-12-24)58(54,55)46-31-20-29(41)28(19-30(31)42)35(49)45-32(37(51)57-25-8-6-5-7-9-25)18-23-10-15-34(43-21-23)48-36(50)27-16-17-56-22-33(27)47(4)39(48)53/h10-15,19-21,25,32,46H,5-9,16-18,22H2,1-4H3,(H,44,52)(H,45,49)/t32-/m0/s1. The number of carbonyl (C=O) groups excluding carboxylic acids is 3. The topological polar surface area (TPSA) is 197 Å². The van der Waals surface area contributed by atoms with Crippen molar-refractivity contribution in [3.63, 3.8) is 0 Å². The number of carbonyl (C=O) groups is 3. The minimum atomic E-state index is -4.45. The summed E-state index contributed by atoms with van der Waals surface area (Å²) in [7, 11) is -2.92. The Kier molecular flexibility index (Phi) is 12.3. The predicted molar refractivity (Wildman–Crippen MR) is 208 cm³/mol. The molecule has 0 radical (unpaired) electrons. The van der Waals surface area contributed by atoms with Gasteiger partial charge in [-0.25, -0.2) is 36.3 Å². The van der Waals surface area contributed by atoms with Gasteiger partial charge in [0.15, 0.2) is 0 Å². The lowest BCUT2D eigenvalue weighted by molar-refractivity contribution is -0.152. The third-order valence-electron chi connectivity index (χ3n) is 9.98. The number of amides is 2. The number of pyridine rings is 1. The molecule has 1 fully saturated rings. The Morgan fingerprint density at radius 1 is 1.00 bits per heavy atom. The highest BCUT2D eigenvalue weighted by Crippen LogP contribution is 2.26. The first-order valence-corrected chi connectivity index (χ1v) is 20.2. The van der Waals surface area contributed by atoms with Crippen LogP contribution in [0.15, 0.2) is 69.2 Å². The summed E-state index contributed by atoms with van der Waals surface area (Å²) in [4.78, 5) is 69.7. The zero-order valence-electron chi connectivity index (χ0n) is 32.4. The number of rotatable bonds is 11. The Morgan fingerprint density at radius 2 is 1.71 bits per heavy atom. The minimum Gasteiger partial charge on any atom is -0.461 e. The van der Waals surface area contributed by atoms with Gasteiger partial charge in [0.1, 0.15) is 29.6 Å². The monoisotopic (exact) mass is 822 g/mol. The molecule has 2 aromatic carbocycles. The molecular weight excluding hydrogens is 779 g/mol. The van der Waals surface area contributed by atoms with E-state index in [1.165, 1.54) is 54.2 Å². The molecule has 2 aliphatic rings. The van der Waals surface area contributed by atoms with Crippen molar-refractivity contribution in [2.24, 2.45) is 12.5 Å². The molecule has 0 spiro atoms. The summed E-state index contributed by atoms with van der Waals surface area (Å²) in [5.74, 6) is -4.83. The maximum atomic E-state index is 15.5. The van der Waals surface area contributed by atoms with Gasteiger partial charge in [-0.15, -0.1) is 0 Å². The second-order valence-corrected chi connectivity index (χ2v) is 17.0. The molecule has 0 unspecified atom stereocenters. The van der Waals surface area contributed by atoms with Crippen molar-refractivity contribution < 1.29 is 41.1 Å². The summed E-state index contributed by atoms with van der Waals surface area (Å²) in [5, 5.41) is 5.09. The number of ether oxygens (including phenoxy) is 2. The molecule has 2 aromatic heterocycles. The largest absolute Gasteiger partial charge is 0.461 e. The highest BCUT2D eigenvalue weighted by atomic mass is 32.2. The number of nitrogens with zero attached hydrogens (tertiary/aromatic N) is 3. The number of sulfonamides is 1. The highest BCUT2D eigenvalue weighted by molar-refractivity contribution is 7.92. The first-order chi connectivity index (χ1) is 27.4. The third kappa shape index (κ3) is 9.34. The summed E-state index contributed by atoms with van der Waals surface area (Å²) in [5.41, 5.74) is -1.80. The molecule has 3 heterocycles. The van der Waals surface area contributed by atoms with Crippen molar-refractivity contribution in [2.45, 2.75) is 89.4 Å². The average Bonchev–Trinajstić information content (AvgIpc) is 3.18. The van der Waals surface area contributed by atoms with Crippen LogP contribution < -0.4 is 26.6 Å². The van der Waals surface area contributed by atoms with E-state index in [4.69, 9.17) is 9.47 Å². The summed E-state index contributed by atoms with van der Waals surface area (Å²) in [6.07, 6.45) is 4.95. The summed E-state index contributed by atoms with van der Waals surface area (Å²) in [6.45, 7) is 5.59. The van der Waals surface area contributed by atoms with Crippen LogP contribution in [0.25, 0.3) is 5.82 Å². The number of anilines is 2. The smallest absolute Gasteiger partial charge is 0.336 e. The van der Waals surface area contributed by atoms with E-state index < -0.39 is 73.6 Å². The van der Waals surface area contributed by atoms with Gasteiger partial charge in [0, 0.05) is 48.8 Å². The van der Waals surface area contributed by atoms with E-state index in [0.717, 1.165) is 23.8 Å². The number of fused-ring (bicyclic) bond motifs is 1. The van der Waals surface area contributed by atoms with E-state index in [9.17, 15) is 32.4 Å². The number of benzene rings is 2. The molecule has 1 saturated carbocycles. The number of hydrogen-bond donors (Lipinski definition) is 3. The lowest BCUT2D eigenvalue weighted by Gasteiger charge is -2.25. The molecule has 1 aliphatic heterocycles. The molecule has 6 rings (SSSR count). The van der Waals surface area contributed by atoms with Crippen LogP contribution in [0.1, 0.15) is 80.1 Å². The fraction of sp³-hybridized carbons (Fsp3) is 0.400. The van der Waals surface area contributed by atoms with Crippen LogP contribution in [-0.2, 0) is 55.6 Å². The van der Waals surface area contributed by atoms with Gasteiger partial charge in [-0.2, -0.15) is 0 Å². The zero-order chi connectivity index (χ0) is 41.9. The van der Waals surface area contributed by atoms with Crippen LogP contribution in [0, 0.1) is 17.0 Å². The Labute approximate surface area is 332 Å². The SMILES string of the molecule is Cn1c2c(c(=O)n(-c3ccc(C[C@H](NC(=O)c4cc(F)c(NS(=O)(=O)c5ccc(NC(=O)C(C)(C)C)cc5)cc4F)C(=O)OC4CCCCC4)cn3)c1=O)CCOC2. The average molecular weight is 823 g/mol. The third-order valence-corrected chi connectivity index (χ3v) is 11.4. The maximum absolute atomic E-state index is 15.5. The van der Waals surface area contributed by atoms with E-state index in [0.29, 0.717) is 60.5 Å². The molecule has 18 heteroatoms. The Morgan fingerprint density at radius 3 is 2.36 bits per heavy atom. The van der Waals surface area contributed by atoms with E-state index in [1.807, 2.05) is 4.72 Å². The van der Waals surface area contributed by atoms with Gasteiger partial charge in [0.2, 0.25) is 5.91 Å². The summed E-state index contributed by atoms with van der Waals surface area (Å²) < 4.78 is 72.4. The normalized spacial score (nSPS) is 15.2. The maximum Gasteiger partial charge on any atom is 0.336 e. The van der Waals surface area contributed by atoms with Crippen molar-refractivity contribution in [3.05, 3.63) is 110 Å². The molecule has 15 nitrogen and oxygen atoms in total. The minimum absolute atomic E-state index is 0.0314. The van der Waals surface area contributed by atoms with Gasteiger partial charge in [-0.3, -0.25) is 23.7 Å². The molecule has 1 atom stereocenters. The second kappa shape index (κ2) is 17.0. The molecule has 308 valence electrons. The van der Waals surface area contributed by atoms with Gasteiger partial charge in [0.25, 0.3) is 21.5 Å². The molecule has 1 aliphatic carbocycles. The Hall–Kier alpha value is -5.75. The number of esters is 1. The first-order valence-electron chi connectivity index (χ1n) is 18.7. The molecule has 58 heavy (non-hydrogen) atoms. The summed E-state index contributed by atoms with van der Waals surface area (Å²) >= 11 is 0. The number of halogens is 2. The van der Waals surface area contributed by atoms with E-state index in [2.05, 4.69) is 15.6 Å². The lowest BCUT2D eigenvalue weighted by atomic mass is 9.95. The van der Waals surface area contributed by atoms with Crippen molar-refractivity contribution in [2.75, 3.05) is 16.6 Å². The van der Waals surface area contributed by atoms with Gasteiger partial charge in [-0.05, 0) is 67.6 Å². The Balaban J connectivity index is 1.20. The van der Waals surface area contributed by atoms with Crippen molar-refractivity contribution >= 4 is 39.2 Å². The zero-order valence-corrected chi connectivity index (χ0v) is 33.2. The van der Waals surface area contributed by atoms with E-state index >= 15 is 8.78 Å². The van der Waals surface area contributed by atoms with Crippen molar-refractivity contribution in [1.82, 2.24) is 19.4 Å². The first kappa shape index (κ1) is 41.9. The van der Waals surface area contributed by atoms with Crippen molar-refractivity contribution in [1.29, 1.82) is 0 Å². The molecule has 3 N–H and O–H groups in total. The van der Waals surface area contributed by atoms with Gasteiger partial charge >= 0.3 is 11.7 Å². The molecular formula is C40H44F2N6O9S. The Bertz CT molecular complexity index is 2460. The van der Waals surface area contributed by atoms with Gasteiger partial charge in [-0.1, -0.05) is 33.3 Å². The molecule has 0 saturated heterocycles. The van der Waals surface area contributed by atoms with Gasteiger partial charge in [0.05, 0.1) is 35.1 Å². The predicted octanol–water partition coefficient (Wildman–Crippen LogP) is 4.28. The fourth-order valence-corrected chi connectivity index (χ4v) is 7.65. The van der Waals surface area contributed by atoms with E-state index in [-0.39, 0.29) is 29.6 Å².